The van der Waals surface area contributed by atoms with Crippen LogP contribution in [-0.2, 0) is 11.3 Å². The SMILES string of the molecule is CC1CCN(C2=NC3(CCC(C(C)(C)C)CC3)N([C@H](CCC(C)(C)C)c3ccc(C(=O)NCc4nn[nH]n4)cc3)C2=O)C1. The molecule has 2 amide bonds. The Labute approximate surface area is 256 Å². The molecule has 10 nitrogen and oxygen atoms in total. The van der Waals surface area contributed by atoms with Gasteiger partial charge in [-0.3, -0.25) is 9.59 Å². The highest BCUT2D eigenvalue weighted by molar-refractivity contribution is 6.39. The smallest absolute Gasteiger partial charge is 0.291 e. The van der Waals surface area contributed by atoms with Crippen LogP contribution in [0.5, 0.6) is 0 Å². The number of amidine groups is 1. The van der Waals surface area contributed by atoms with Crippen LogP contribution in [0.25, 0.3) is 0 Å². The summed E-state index contributed by atoms with van der Waals surface area (Å²) in [7, 11) is 0. The first-order valence-corrected chi connectivity index (χ1v) is 16.0. The topological polar surface area (TPSA) is 119 Å². The molecule has 2 N–H and O–H groups in total. The maximum Gasteiger partial charge on any atom is 0.291 e. The van der Waals surface area contributed by atoms with E-state index in [0.29, 0.717) is 29.1 Å². The van der Waals surface area contributed by atoms with Gasteiger partial charge in [-0.25, -0.2) is 4.99 Å². The van der Waals surface area contributed by atoms with Gasteiger partial charge in [0.05, 0.1) is 12.6 Å². The highest BCUT2D eigenvalue weighted by Crippen LogP contribution is 2.50. The fourth-order valence-corrected chi connectivity index (χ4v) is 7.05. The summed E-state index contributed by atoms with van der Waals surface area (Å²) in [5.41, 5.74) is 1.43. The molecule has 3 aliphatic rings. The molecule has 43 heavy (non-hydrogen) atoms. The number of amides is 2. The van der Waals surface area contributed by atoms with Gasteiger partial charge in [0.25, 0.3) is 11.8 Å². The molecule has 1 unspecified atom stereocenters. The Kier molecular flexibility index (Phi) is 8.69. The van der Waals surface area contributed by atoms with E-state index in [2.05, 4.69) is 84.2 Å². The predicted molar refractivity (Wildman–Crippen MR) is 167 cm³/mol. The summed E-state index contributed by atoms with van der Waals surface area (Å²) in [6.07, 6.45) is 6.78. The van der Waals surface area contributed by atoms with Gasteiger partial charge in [0.1, 0.15) is 5.66 Å². The van der Waals surface area contributed by atoms with Crippen molar-refractivity contribution in [3.8, 4) is 0 Å². The summed E-state index contributed by atoms with van der Waals surface area (Å²) >= 11 is 0. The maximum absolute atomic E-state index is 14.5. The number of tetrazole rings is 1. The van der Waals surface area contributed by atoms with Crippen LogP contribution in [0.4, 0.5) is 0 Å². The Morgan fingerprint density at radius 1 is 1.09 bits per heavy atom. The summed E-state index contributed by atoms with van der Waals surface area (Å²) in [6.45, 7) is 18.0. The van der Waals surface area contributed by atoms with Gasteiger partial charge in [-0.15, -0.1) is 10.2 Å². The van der Waals surface area contributed by atoms with Crippen molar-refractivity contribution in [2.45, 2.75) is 112 Å². The van der Waals surface area contributed by atoms with Gasteiger partial charge in [-0.2, -0.15) is 5.21 Å². The number of benzene rings is 1. The summed E-state index contributed by atoms with van der Waals surface area (Å²) in [4.78, 5) is 37.2. The number of hydrogen-bond acceptors (Lipinski definition) is 7. The molecule has 1 aromatic heterocycles. The molecular weight excluding hydrogens is 540 g/mol. The van der Waals surface area contributed by atoms with Gasteiger partial charge >= 0.3 is 0 Å². The average Bonchev–Trinajstić information content (AvgIpc) is 3.68. The molecule has 2 atom stereocenters. The van der Waals surface area contributed by atoms with Crippen LogP contribution in [0.1, 0.15) is 121 Å². The Hall–Kier alpha value is -3.30. The number of likely N-dealkylation sites (tertiary alicyclic amines) is 1. The second-order valence-electron chi connectivity index (χ2n) is 15.3. The molecule has 1 aliphatic carbocycles. The third kappa shape index (κ3) is 6.93. The number of carbonyl (C=O) groups excluding carboxylic acids is 2. The summed E-state index contributed by atoms with van der Waals surface area (Å²) < 4.78 is 0. The zero-order chi connectivity index (χ0) is 31.0. The zero-order valence-corrected chi connectivity index (χ0v) is 27.1. The van der Waals surface area contributed by atoms with Crippen molar-refractivity contribution in [3.05, 3.63) is 41.2 Å². The van der Waals surface area contributed by atoms with Crippen LogP contribution in [0.3, 0.4) is 0 Å². The van der Waals surface area contributed by atoms with E-state index < -0.39 is 5.66 Å². The van der Waals surface area contributed by atoms with Crippen molar-refractivity contribution in [3.63, 3.8) is 0 Å². The zero-order valence-electron chi connectivity index (χ0n) is 27.1. The first-order valence-electron chi connectivity index (χ1n) is 16.0. The largest absolute Gasteiger partial charge is 0.352 e. The number of nitrogens with one attached hydrogen (secondary N) is 2. The molecule has 1 aromatic carbocycles. The number of nitrogens with zero attached hydrogens (tertiary/aromatic N) is 6. The highest BCUT2D eigenvalue weighted by Gasteiger charge is 2.54. The fourth-order valence-electron chi connectivity index (χ4n) is 7.05. The van der Waals surface area contributed by atoms with Crippen molar-refractivity contribution >= 4 is 17.6 Å². The third-order valence-corrected chi connectivity index (χ3v) is 9.74. The van der Waals surface area contributed by atoms with Crippen LogP contribution >= 0.6 is 0 Å². The van der Waals surface area contributed by atoms with Crippen LogP contribution in [-0.4, -0.2) is 66.8 Å². The lowest BCUT2D eigenvalue weighted by molar-refractivity contribution is -0.134. The molecule has 5 rings (SSSR count). The average molecular weight is 591 g/mol. The number of H-pyrrole nitrogens is 1. The highest BCUT2D eigenvalue weighted by atomic mass is 16.2. The molecule has 1 saturated carbocycles. The Morgan fingerprint density at radius 2 is 1.79 bits per heavy atom. The van der Waals surface area contributed by atoms with E-state index in [1.165, 1.54) is 0 Å². The van der Waals surface area contributed by atoms with Gasteiger partial charge in [0, 0.05) is 18.7 Å². The summed E-state index contributed by atoms with van der Waals surface area (Å²) in [5, 5.41) is 16.6. The minimum Gasteiger partial charge on any atom is -0.352 e. The van der Waals surface area contributed by atoms with Crippen LogP contribution in [0.2, 0.25) is 0 Å². The van der Waals surface area contributed by atoms with Crippen LogP contribution in [0, 0.1) is 22.7 Å². The lowest BCUT2D eigenvalue weighted by Crippen LogP contribution is -2.52. The number of hydrogen-bond donors (Lipinski definition) is 2. The summed E-state index contributed by atoms with van der Waals surface area (Å²) in [5.74, 6) is 2.13. The lowest BCUT2D eigenvalue weighted by Gasteiger charge is -2.47. The van der Waals surface area contributed by atoms with E-state index in [-0.39, 0.29) is 35.2 Å². The monoisotopic (exact) mass is 590 g/mol. The Morgan fingerprint density at radius 3 is 2.35 bits per heavy atom. The van der Waals surface area contributed by atoms with E-state index in [0.717, 1.165) is 63.6 Å². The molecule has 2 fully saturated rings. The molecule has 1 saturated heterocycles. The minimum absolute atomic E-state index is 0.0733. The molecule has 0 radical (unpaired) electrons. The number of aromatic amines is 1. The molecule has 2 aromatic rings. The molecule has 3 heterocycles. The fraction of sp³-hybridized carbons (Fsp3) is 0.697. The minimum atomic E-state index is -0.525. The van der Waals surface area contributed by atoms with Gasteiger partial charge < -0.3 is 15.1 Å². The number of aliphatic imine (C=N–C) groups is 1. The van der Waals surface area contributed by atoms with Gasteiger partial charge in [-0.1, -0.05) is 65.8 Å². The number of carbonyl (C=O) groups is 2. The first kappa shape index (κ1) is 31.1. The number of rotatable bonds is 7. The van der Waals surface area contributed by atoms with Crippen molar-refractivity contribution < 1.29 is 9.59 Å². The Bertz CT molecular complexity index is 1300. The molecular formula is C33H50N8O2. The third-order valence-electron chi connectivity index (χ3n) is 9.74. The van der Waals surface area contributed by atoms with E-state index in [1.807, 2.05) is 24.3 Å². The maximum atomic E-state index is 14.5. The van der Waals surface area contributed by atoms with Crippen molar-refractivity contribution in [1.29, 1.82) is 0 Å². The second-order valence-corrected chi connectivity index (χ2v) is 15.3. The molecule has 234 valence electrons. The second kappa shape index (κ2) is 12.0. The standard InChI is InChI=1S/C33H50N8O2/c1-22-15-19-40(21-22)28-30(43)41(33(35-28)17-12-25(13-18-33)32(5,6)7)26(14-16-31(2,3)4)23-8-10-24(11-9-23)29(42)34-20-27-36-38-39-37-27/h8-11,22,25-26H,12-21H2,1-7H3,(H,34,42)(H,36,37,38,39)/t22?,25?,26-,33?/m1/s1. The first-order chi connectivity index (χ1) is 20.3. The van der Waals surface area contributed by atoms with Gasteiger partial charge in [0.15, 0.2) is 11.7 Å². The molecule has 0 bridgehead atoms. The predicted octanol–water partition coefficient (Wildman–Crippen LogP) is 5.51. The van der Waals surface area contributed by atoms with Crippen LogP contribution < -0.4 is 5.32 Å². The van der Waals surface area contributed by atoms with Crippen molar-refractivity contribution in [2.24, 2.45) is 27.7 Å². The molecule has 1 spiro atoms. The van der Waals surface area contributed by atoms with Crippen molar-refractivity contribution in [1.82, 2.24) is 35.7 Å². The summed E-state index contributed by atoms with van der Waals surface area (Å²) in [6, 6.07) is 7.63. The Balaban J connectivity index is 1.45. The number of aromatic nitrogens is 4. The van der Waals surface area contributed by atoms with Crippen molar-refractivity contribution in [2.75, 3.05) is 13.1 Å². The van der Waals surface area contributed by atoms with E-state index in [4.69, 9.17) is 4.99 Å². The van der Waals surface area contributed by atoms with Gasteiger partial charge in [0.2, 0.25) is 0 Å². The van der Waals surface area contributed by atoms with Gasteiger partial charge in [-0.05, 0) is 85.3 Å². The lowest BCUT2D eigenvalue weighted by atomic mass is 9.69. The van der Waals surface area contributed by atoms with E-state index >= 15 is 0 Å². The molecule has 10 heteroatoms. The van der Waals surface area contributed by atoms with E-state index in [9.17, 15) is 9.59 Å². The normalized spacial score (nSPS) is 25.4. The van der Waals surface area contributed by atoms with Crippen LogP contribution in [0.15, 0.2) is 29.3 Å². The van der Waals surface area contributed by atoms with E-state index in [1.54, 1.807) is 0 Å². The molecule has 2 aliphatic heterocycles. The quantitative estimate of drug-likeness (QED) is 0.439.